The van der Waals surface area contributed by atoms with Crippen LogP contribution in [-0.4, -0.2) is 71.5 Å². The Labute approximate surface area is 190 Å². The van der Waals surface area contributed by atoms with Gasteiger partial charge in [0.2, 0.25) is 5.91 Å². The molecule has 2 aliphatic rings. The molecule has 3 heterocycles. The fourth-order valence-corrected chi connectivity index (χ4v) is 3.65. The molecule has 0 unspecified atom stereocenters. The number of aliphatic hydroxyl groups excluding tert-OH is 1. The van der Waals surface area contributed by atoms with Crippen molar-refractivity contribution in [1.82, 2.24) is 9.88 Å². The van der Waals surface area contributed by atoms with Gasteiger partial charge in [-0.25, -0.2) is 4.79 Å². The summed E-state index contributed by atoms with van der Waals surface area (Å²) in [7, 11) is 0. The first-order valence-electron chi connectivity index (χ1n) is 10.5. The molecule has 3 amide bonds. The van der Waals surface area contributed by atoms with E-state index in [2.05, 4.69) is 10.3 Å². The Morgan fingerprint density at radius 2 is 2.06 bits per heavy atom. The summed E-state index contributed by atoms with van der Waals surface area (Å²) in [5.41, 5.74) is 1.93. The summed E-state index contributed by atoms with van der Waals surface area (Å²) < 4.78 is 10.5. The highest BCUT2D eigenvalue weighted by Gasteiger charge is 2.36. The molecule has 2 aliphatic heterocycles. The molecule has 0 aliphatic carbocycles. The number of benzene rings is 1. The number of rotatable bonds is 5. The molecule has 33 heavy (non-hydrogen) atoms. The quantitative estimate of drug-likeness (QED) is 0.662. The number of hydrogen-bond donors (Lipinski definition) is 2. The number of nitrogens with one attached hydrogen (secondary N) is 1. The monoisotopic (exact) mass is 452 g/mol. The van der Waals surface area contributed by atoms with Crippen LogP contribution in [0.5, 0.6) is 0 Å². The van der Waals surface area contributed by atoms with E-state index in [4.69, 9.17) is 9.47 Å². The van der Waals surface area contributed by atoms with E-state index in [1.807, 2.05) is 0 Å². The van der Waals surface area contributed by atoms with Gasteiger partial charge in [-0.2, -0.15) is 0 Å². The predicted molar refractivity (Wildman–Crippen MR) is 119 cm³/mol. The molecule has 1 aromatic heterocycles. The van der Waals surface area contributed by atoms with Crippen molar-refractivity contribution in [2.24, 2.45) is 0 Å². The van der Waals surface area contributed by atoms with Gasteiger partial charge in [0, 0.05) is 42.8 Å². The zero-order valence-corrected chi connectivity index (χ0v) is 17.8. The molecule has 0 spiro atoms. The average Bonchev–Trinajstić information content (AvgIpc) is 3.19. The molecule has 172 valence electrons. The van der Waals surface area contributed by atoms with Gasteiger partial charge in [-0.05, 0) is 42.0 Å². The van der Waals surface area contributed by atoms with E-state index in [1.165, 1.54) is 11.0 Å². The minimum Gasteiger partial charge on any atom is -0.425 e. The number of likely N-dealkylation sites (tertiary alicyclic amines) is 1. The van der Waals surface area contributed by atoms with Crippen LogP contribution in [0.1, 0.15) is 12.0 Å². The van der Waals surface area contributed by atoms with E-state index in [1.54, 1.807) is 59.8 Å². The standard InChI is InChI=1S/C23H24N4O6/c28-19-12-22(27(14-19)20(29)8-3-16-2-1-9-24-13-16)33-23(31)25-17-4-6-18(7-5-17)26-10-11-32-15-21(26)30/h1-9,13,19,22,28H,10-12,14-15H2,(H,25,31)/t19-,22-/m1/s1. The van der Waals surface area contributed by atoms with E-state index < -0.39 is 18.4 Å². The van der Waals surface area contributed by atoms with Gasteiger partial charge in [-0.3, -0.25) is 19.9 Å². The zero-order valence-electron chi connectivity index (χ0n) is 17.8. The molecule has 2 N–H and O–H groups in total. The number of β-amino-alcohol motifs (C(OH)–C–C–N with tert-alkyl or cyclic N) is 1. The minimum absolute atomic E-state index is 0.0478. The Morgan fingerprint density at radius 1 is 1.24 bits per heavy atom. The van der Waals surface area contributed by atoms with Crippen LogP contribution >= 0.6 is 0 Å². The Balaban J connectivity index is 1.34. The summed E-state index contributed by atoms with van der Waals surface area (Å²) in [5.74, 6) is -0.503. The molecular formula is C23H24N4O6. The zero-order chi connectivity index (χ0) is 23.2. The van der Waals surface area contributed by atoms with Crippen molar-refractivity contribution < 1.29 is 29.0 Å². The van der Waals surface area contributed by atoms with Crippen LogP contribution in [0.3, 0.4) is 0 Å². The van der Waals surface area contributed by atoms with Crippen LogP contribution in [-0.2, 0) is 19.1 Å². The molecule has 2 atom stereocenters. The number of morpholine rings is 1. The highest BCUT2D eigenvalue weighted by atomic mass is 16.6. The molecule has 2 aromatic rings. The maximum atomic E-state index is 12.6. The maximum Gasteiger partial charge on any atom is 0.413 e. The van der Waals surface area contributed by atoms with Gasteiger partial charge < -0.3 is 24.4 Å². The molecule has 0 radical (unpaired) electrons. The lowest BCUT2D eigenvalue weighted by atomic mass is 10.2. The van der Waals surface area contributed by atoms with Gasteiger partial charge in [0.25, 0.3) is 5.91 Å². The van der Waals surface area contributed by atoms with Gasteiger partial charge in [0.15, 0.2) is 6.23 Å². The summed E-state index contributed by atoms with van der Waals surface area (Å²) in [6, 6.07) is 10.3. The van der Waals surface area contributed by atoms with E-state index >= 15 is 0 Å². The Kier molecular flexibility index (Phi) is 6.96. The maximum absolute atomic E-state index is 12.6. The van der Waals surface area contributed by atoms with Gasteiger partial charge in [0.1, 0.15) is 6.61 Å². The van der Waals surface area contributed by atoms with Crippen molar-refractivity contribution in [2.75, 3.05) is 36.5 Å². The number of amides is 3. The minimum atomic E-state index is -0.892. The van der Waals surface area contributed by atoms with Crippen LogP contribution in [0.4, 0.5) is 16.2 Å². The number of anilines is 2. The average molecular weight is 452 g/mol. The van der Waals surface area contributed by atoms with Gasteiger partial charge >= 0.3 is 6.09 Å². The predicted octanol–water partition coefficient (Wildman–Crippen LogP) is 1.63. The van der Waals surface area contributed by atoms with Crippen LogP contribution in [0.15, 0.2) is 54.9 Å². The van der Waals surface area contributed by atoms with Gasteiger partial charge in [-0.1, -0.05) is 6.07 Å². The number of carbonyl (C=O) groups is 3. The number of pyridine rings is 1. The number of aromatic nitrogens is 1. The van der Waals surface area contributed by atoms with Gasteiger partial charge in [-0.15, -0.1) is 0 Å². The first kappa shape index (κ1) is 22.4. The van der Waals surface area contributed by atoms with Crippen LogP contribution in [0.25, 0.3) is 6.08 Å². The molecule has 2 fully saturated rings. The fourth-order valence-electron chi connectivity index (χ4n) is 3.65. The molecule has 10 heteroatoms. The lowest BCUT2D eigenvalue weighted by molar-refractivity contribution is -0.132. The molecule has 4 rings (SSSR count). The fraction of sp³-hybridized carbons (Fsp3) is 0.304. The van der Waals surface area contributed by atoms with E-state index in [9.17, 15) is 19.5 Å². The largest absolute Gasteiger partial charge is 0.425 e. The number of hydrogen-bond acceptors (Lipinski definition) is 7. The SMILES string of the molecule is O=C(Nc1ccc(N2CCOCC2=O)cc1)O[C@@H]1C[C@@H](O)CN1C(=O)C=Cc1cccnc1. The second-order valence-electron chi connectivity index (χ2n) is 7.63. The topological polar surface area (TPSA) is 121 Å². The molecule has 0 bridgehead atoms. The number of carbonyl (C=O) groups excluding carboxylic acids is 3. The smallest absolute Gasteiger partial charge is 0.413 e. The molecule has 1 aromatic carbocycles. The number of nitrogens with zero attached hydrogens (tertiary/aromatic N) is 3. The highest BCUT2D eigenvalue weighted by molar-refractivity contribution is 5.95. The van der Waals surface area contributed by atoms with Crippen molar-refractivity contribution in [3.05, 3.63) is 60.4 Å². The van der Waals surface area contributed by atoms with Crippen molar-refractivity contribution in [3.8, 4) is 0 Å². The van der Waals surface area contributed by atoms with E-state index in [-0.39, 0.29) is 31.4 Å². The van der Waals surface area contributed by atoms with Crippen LogP contribution in [0, 0.1) is 0 Å². The first-order chi connectivity index (χ1) is 16.0. The summed E-state index contributed by atoms with van der Waals surface area (Å²) in [6.07, 6.45) is 3.90. The molecule has 2 saturated heterocycles. The second kappa shape index (κ2) is 10.2. The van der Waals surface area contributed by atoms with E-state index in [0.717, 1.165) is 5.56 Å². The molecule has 10 nitrogen and oxygen atoms in total. The van der Waals surface area contributed by atoms with Crippen molar-refractivity contribution >= 4 is 35.4 Å². The number of aliphatic hydroxyl groups is 1. The Hall–Kier alpha value is -3.76. The van der Waals surface area contributed by atoms with E-state index in [0.29, 0.717) is 24.5 Å². The second-order valence-corrected chi connectivity index (χ2v) is 7.63. The normalized spacial score (nSPS) is 20.8. The van der Waals surface area contributed by atoms with Crippen molar-refractivity contribution in [1.29, 1.82) is 0 Å². The molecular weight excluding hydrogens is 428 g/mol. The van der Waals surface area contributed by atoms with Crippen LogP contribution in [0.2, 0.25) is 0 Å². The van der Waals surface area contributed by atoms with Crippen molar-refractivity contribution in [2.45, 2.75) is 18.8 Å². The number of ether oxygens (including phenoxy) is 2. The third-order valence-corrected chi connectivity index (χ3v) is 5.27. The van der Waals surface area contributed by atoms with Crippen LogP contribution < -0.4 is 10.2 Å². The summed E-state index contributed by atoms with van der Waals surface area (Å²) in [4.78, 5) is 43.8. The lowest BCUT2D eigenvalue weighted by Crippen LogP contribution is -2.41. The Morgan fingerprint density at radius 3 is 2.79 bits per heavy atom. The Bertz CT molecular complexity index is 1030. The summed E-state index contributed by atoms with van der Waals surface area (Å²) in [5, 5.41) is 12.6. The molecule has 0 saturated carbocycles. The third kappa shape index (κ3) is 5.73. The first-order valence-corrected chi connectivity index (χ1v) is 10.5. The lowest BCUT2D eigenvalue weighted by Gasteiger charge is -2.27. The summed E-state index contributed by atoms with van der Waals surface area (Å²) in [6.45, 7) is 1.05. The van der Waals surface area contributed by atoms with Crippen molar-refractivity contribution in [3.63, 3.8) is 0 Å². The summed E-state index contributed by atoms with van der Waals surface area (Å²) >= 11 is 0. The third-order valence-electron chi connectivity index (χ3n) is 5.27. The van der Waals surface area contributed by atoms with Gasteiger partial charge in [0.05, 0.1) is 19.3 Å². The highest BCUT2D eigenvalue weighted by Crippen LogP contribution is 2.22.